The molecule has 2 aromatic rings. The molecule has 1 fully saturated rings. The maximum absolute atomic E-state index is 12.9. The molecular weight excluding hydrogens is 352 g/mol. The van der Waals surface area contributed by atoms with Crippen LogP contribution in [0.25, 0.3) is 0 Å². The molecule has 7 heteroatoms. The maximum atomic E-state index is 12.9. The molecule has 1 heterocycles. The van der Waals surface area contributed by atoms with E-state index >= 15 is 0 Å². The Labute approximate surface area is 155 Å². The van der Waals surface area contributed by atoms with Gasteiger partial charge in [-0.05, 0) is 36.8 Å². The topological polar surface area (TPSA) is 59.1 Å². The van der Waals surface area contributed by atoms with Crippen LogP contribution in [0.3, 0.4) is 0 Å². The average Bonchev–Trinajstić information content (AvgIpc) is 2.67. The maximum Gasteiger partial charge on any atom is 0.243 e. The molecule has 1 saturated heterocycles. The lowest BCUT2D eigenvalue weighted by molar-refractivity contribution is 0.376. The van der Waals surface area contributed by atoms with E-state index in [-0.39, 0.29) is 0 Å². The molecule has 0 aromatic heterocycles. The van der Waals surface area contributed by atoms with Gasteiger partial charge in [0.25, 0.3) is 0 Å². The third-order valence-electron chi connectivity index (χ3n) is 4.59. The van der Waals surface area contributed by atoms with Crippen molar-refractivity contribution >= 4 is 15.7 Å². The van der Waals surface area contributed by atoms with E-state index in [1.807, 2.05) is 31.2 Å². The summed E-state index contributed by atoms with van der Waals surface area (Å²) in [6, 6.07) is 12.7. The summed E-state index contributed by atoms with van der Waals surface area (Å²) in [6.07, 6.45) is 0. The molecule has 2 aromatic carbocycles. The number of piperazine rings is 1. The Morgan fingerprint density at radius 2 is 1.65 bits per heavy atom. The van der Waals surface area contributed by atoms with Crippen LogP contribution in [-0.4, -0.2) is 53.1 Å². The fourth-order valence-corrected chi connectivity index (χ4v) is 4.67. The lowest BCUT2D eigenvalue weighted by atomic mass is 10.2. The third kappa shape index (κ3) is 3.64. The van der Waals surface area contributed by atoms with Gasteiger partial charge in [0.15, 0.2) is 0 Å². The second-order valence-corrected chi connectivity index (χ2v) is 8.18. The Balaban J connectivity index is 1.77. The van der Waals surface area contributed by atoms with Crippen LogP contribution in [0.15, 0.2) is 47.4 Å². The summed E-state index contributed by atoms with van der Waals surface area (Å²) in [5, 5.41) is 0. The standard InChI is InChI=1S/C19H24N2O4S/c1-15-5-4-6-17(13-15)26(22,23)21-11-9-20(10-12-21)18-14-16(24-2)7-8-19(18)25-3/h4-8,13-14H,9-12H2,1-3H3. The van der Waals surface area contributed by atoms with E-state index in [0.717, 1.165) is 22.7 Å². The fraction of sp³-hybridized carbons (Fsp3) is 0.368. The highest BCUT2D eigenvalue weighted by Gasteiger charge is 2.29. The van der Waals surface area contributed by atoms with Gasteiger partial charge >= 0.3 is 0 Å². The van der Waals surface area contributed by atoms with Gasteiger partial charge in [-0.1, -0.05) is 12.1 Å². The first-order valence-corrected chi connectivity index (χ1v) is 9.93. The Hall–Kier alpha value is -2.25. The second kappa shape index (κ2) is 7.55. The number of sulfonamides is 1. The van der Waals surface area contributed by atoms with E-state index in [4.69, 9.17) is 9.47 Å². The third-order valence-corrected chi connectivity index (χ3v) is 6.49. The van der Waals surface area contributed by atoms with Crippen LogP contribution >= 0.6 is 0 Å². The normalized spacial score (nSPS) is 15.7. The molecule has 0 atom stereocenters. The lowest BCUT2D eigenvalue weighted by Gasteiger charge is -2.36. The summed E-state index contributed by atoms with van der Waals surface area (Å²) >= 11 is 0. The molecule has 1 aliphatic rings. The first kappa shape index (κ1) is 18.5. The van der Waals surface area contributed by atoms with Crippen molar-refractivity contribution in [2.45, 2.75) is 11.8 Å². The zero-order chi connectivity index (χ0) is 18.7. The Bertz CT molecular complexity index is 875. The molecule has 3 rings (SSSR count). The summed E-state index contributed by atoms with van der Waals surface area (Å²) in [5.41, 5.74) is 1.85. The highest BCUT2D eigenvalue weighted by atomic mass is 32.2. The van der Waals surface area contributed by atoms with E-state index in [1.165, 1.54) is 0 Å². The van der Waals surface area contributed by atoms with E-state index in [0.29, 0.717) is 31.1 Å². The van der Waals surface area contributed by atoms with Crippen molar-refractivity contribution in [3.8, 4) is 11.5 Å². The summed E-state index contributed by atoms with van der Waals surface area (Å²) < 4.78 is 38.0. The summed E-state index contributed by atoms with van der Waals surface area (Å²) in [5.74, 6) is 1.50. The van der Waals surface area contributed by atoms with Gasteiger partial charge in [-0.25, -0.2) is 8.42 Å². The number of hydrogen-bond acceptors (Lipinski definition) is 5. The van der Waals surface area contributed by atoms with E-state index < -0.39 is 10.0 Å². The number of ether oxygens (including phenoxy) is 2. The zero-order valence-corrected chi connectivity index (χ0v) is 16.1. The van der Waals surface area contributed by atoms with Crippen LogP contribution in [0.4, 0.5) is 5.69 Å². The Morgan fingerprint density at radius 1 is 0.923 bits per heavy atom. The molecule has 0 unspecified atom stereocenters. The second-order valence-electron chi connectivity index (χ2n) is 6.25. The molecule has 0 aliphatic carbocycles. The molecule has 0 saturated carbocycles. The van der Waals surface area contributed by atoms with Crippen molar-refractivity contribution < 1.29 is 17.9 Å². The number of hydrogen-bond donors (Lipinski definition) is 0. The number of nitrogens with zero attached hydrogens (tertiary/aromatic N) is 2. The molecule has 0 spiro atoms. The molecule has 1 aliphatic heterocycles. The van der Waals surface area contributed by atoms with Crippen molar-refractivity contribution in [2.75, 3.05) is 45.3 Å². The summed E-state index contributed by atoms with van der Waals surface area (Å²) in [6.45, 7) is 3.93. The van der Waals surface area contributed by atoms with Crippen molar-refractivity contribution in [2.24, 2.45) is 0 Å². The minimum absolute atomic E-state index is 0.352. The molecule has 26 heavy (non-hydrogen) atoms. The van der Waals surface area contributed by atoms with E-state index in [1.54, 1.807) is 36.7 Å². The monoisotopic (exact) mass is 376 g/mol. The minimum atomic E-state index is -3.47. The fourth-order valence-electron chi connectivity index (χ4n) is 3.14. The SMILES string of the molecule is COc1ccc(OC)c(N2CCN(S(=O)(=O)c3cccc(C)c3)CC2)c1. The molecule has 0 radical (unpaired) electrons. The molecule has 6 nitrogen and oxygen atoms in total. The summed E-state index contributed by atoms with van der Waals surface area (Å²) in [4.78, 5) is 2.48. The Morgan fingerprint density at radius 3 is 2.27 bits per heavy atom. The van der Waals surface area contributed by atoms with Crippen LogP contribution in [0.2, 0.25) is 0 Å². The van der Waals surface area contributed by atoms with Gasteiger partial charge in [0.2, 0.25) is 10.0 Å². The highest BCUT2D eigenvalue weighted by Crippen LogP contribution is 2.33. The van der Waals surface area contributed by atoms with Crippen molar-refractivity contribution in [1.29, 1.82) is 0 Å². The van der Waals surface area contributed by atoms with Gasteiger partial charge in [-0.15, -0.1) is 0 Å². The van der Waals surface area contributed by atoms with Crippen molar-refractivity contribution in [3.05, 3.63) is 48.0 Å². The zero-order valence-electron chi connectivity index (χ0n) is 15.3. The smallest absolute Gasteiger partial charge is 0.243 e. The molecule has 0 N–H and O–H groups in total. The predicted octanol–water partition coefficient (Wildman–Crippen LogP) is 2.52. The highest BCUT2D eigenvalue weighted by molar-refractivity contribution is 7.89. The lowest BCUT2D eigenvalue weighted by Crippen LogP contribution is -2.48. The van der Waals surface area contributed by atoms with E-state index in [9.17, 15) is 8.42 Å². The van der Waals surface area contributed by atoms with Gasteiger partial charge in [0.05, 0.1) is 24.8 Å². The molecular formula is C19H24N2O4S. The number of anilines is 1. The van der Waals surface area contributed by atoms with Gasteiger partial charge < -0.3 is 14.4 Å². The first-order valence-electron chi connectivity index (χ1n) is 8.49. The summed E-state index contributed by atoms with van der Waals surface area (Å²) in [7, 11) is -0.216. The van der Waals surface area contributed by atoms with Gasteiger partial charge in [0, 0.05) is 32.2 Å². The molecule has 0 amide bonds. The quantitative estimate of drug-likeness (QED) is 0.803. The van der Waals surface area contributed by atoms with Crippen LogP contribution in [0.1, 0.15) is 5.56 Å². The Kier molecular flexibility index (Phi) is 5.38. The first-order chi connectivity index (χ1) is 12.5. The minimum Gasteiger partial charge on any atom is -0.497 e. The average molecular weight is 376 g/mol. The number of methoxy groups -OCH3 is 2. The number of benzene rings is 2. The van der Waals surface area contributed by atoms with Gasteiger partial charge in [-0.2, -0.15) is 4.31 Å². The van der Waals surface area contributed by atoms with Crippen molar-refractivity contribution in [3.63, 3.8) is 0 Å². The molecule has 0 bridgehead atoms. The van der Waals surface area contributed by atoms with Gasteiger partial charge in [0.1, 0.15) is 11.5 Å². The van der Waals surface area contributed by atoms with Crippen LogP contribution in [-0.2, 0) is 10.0 Å². The van der Waals surface area contributed by atoms with Gasteiger partial charge in [-0.3, -0.25) is 0 Å². The number of rotatable bonds is 5. The molecule has 140 valence electrons. The largest absolute Gasteiger partial charge is 0.497 e. The number of aryl methyl sites for hydroxylation is 1. The van der Waals surface area contributed by atoms with Crippen LogP contribution in [0.5, 0.6) is 11.5 Å². The van der Waals surface area contributed by atoms with E-state index in [2.05, 4.69) is 4.90 Å². The van der Waals surface area contributed by atoms with Crippen LogP contribution in [0, 0.1) is 6.92 Å². The van der Waals surface area contributed by atoms with Crippen molar-refractivity contribution in [1.82, 2.24) is 4.31 Å². The predicted molar refractivity (Wildman–Crippen MR) is 102 cm³/mol. The van der Waals surface area contributed by atoms with Crippen LogP contribution < -0.4 is 14.4 Å².